The average molecular weight is 309 g/mol. The Bertz CT molecular complexity index is 635. The van der Waals surface area contributed by atoms with Crippen molar-refractivity contribution in [2.45, 2.75) is 11.8 Å². The van der Waals surface area contributed by atoms with Gasteiger partial charge in [0.05, 0.1) is 28.8 Å². The number of hydrogen-bond acceptors (Lipinski definition) is 5. The first-order valence-electron chi connectivity index (χ1n) is 6.57. The van der Waals surface area contributed by atoms with Gasteiger partial charge in [-0.05, 0) is 32.2 Å². The number of sulfone groups is 1. The predicted octanol–water partition coefficient (Wildman–Crippen LogP) is 0.400. The van der Waals surface area contributed by atoms with Gasteiger partial charge in [0, 0.05) is 13.1 Å². The van der Waals surface area contributed by atoms with Gasteiger partial charge in [-0.2, -0.15) is 5.26 Å². The Morgan fingerprint density at radius 3 is 2.76 bits per heavy atom. The molecule has 1 amide bonds. The summed E-state index contributed by atoms with van der Waals surface area (Å²) in [6, 6.07) is 7.85. The molecule has 21 heavy (non-hydrogen) atoms. The first kappa shape index (κ1) is 17.1. The van der Waals surface area contributed by atoms with Gasteiger partial charge in [-0.25, -0.2) is 8.42 Å². The van der Waals surface area contributed by atoms with Crippen LogP contribution in [0.25, 0.3) is 0 Å². The molecule has 0 bridgehead atoms. The van der Waals surface area contributed by atoms with Crippen LogP contribution in [0.1, 0.15) is 12.5 Å². The molecule has 0 aromatic heterocycles. The Balaban J connectivity index is 2.65. The number of nitrogens with zero attached hydrogens (tertiary/aromatic N) is 2. The molecule has 1 aromatic rings. The van der Waals surface area contributed by atoms with E-state index < -0.39 is 9.84 Å². The second kappa shape index (κ2) is 7.76. The van der Waals surface area contributed by atoms with E-state index in [1.165, 1.54) is 12.1 Å². The number of carbonyl (C=O) groups is 1. The van der Waals surface area contributed by atoms with Gasteiger partial charge in [-0.15, -0.1) is 0 Å². The number of amides is 1. The van der Waals surface area contributed by atoms with Gasteiger partial charge >= 0.3 is 0 Å². The molecular weight excluding hydrogens is 290 g/mol. The van der Waals surface area contributed by atoms with E-state index >= 15 is 0 Å². The van der Waals surface area contributed by atoms with Crippen LogP contribution in [-0.2, 0) is 14.6 Å². The van der Waals surface area contributed by atoms with Crippen LogP contribution in [0.5, 0.6) is 0 Å². The summed E-state index contributed by atoms with van der Waals surface area (Å²) in [6.07, 6.45) is 0. The standard InChI is InChI=1S/C14H19N3O3S/c1-3-16-14(18)11-17(2)7-8-21(19,20)13-6-4-5-12(9-13)10-15/h4-6,9H,3,7-8,11H2,1-2H3,(H,16,18). The molecule has 114 valence electrons. The average Bonchev–Trinajstić information content (AvgIpc) is 2.45. The first-order chi connectivity index (χ1) is 9.89. The molecule has 0 aliphatic rings. The molecule has 0 heterocycles. The van der Waals surface area contributed by atoms with Crippen LogP contribution >= 0.6 is 0 Å². The fourth-order valence-corrected chi connectivity index (χ4v) is 3.11. The minimum atomic E-state index is -3.46. The summed E-state index contributed by atoms with van der Waals surface area (Å²) in [5, 5.41) is 11.5. The molecular formula is C14H19N3O3S. The highest BCUT2D eigenvalue weighted by Crippen LogP contribution is 2.13. The second-order valence-corrected chi connectivity index (χ2v) is 6.76. The Hall–Kier alpha value is -1.91. The molecule has 0 saturated carbocycles. The second-order valence-electron chi connectivity index (χ2n) is 4.65. The number of carbonyl (C=O) groups excluding carboxylic acids is 1. The van der Waals surface area contributed by atoms with E-state index in [1.54, 1.807) is 24.1 Å². The van der Waals surface area contributed by atoms with Crippen molar-refractivity contribution < 1.29 is 13.2 Å². The molecule has 0 saturated heterocycles. The number of benzene rings is 1. The van der Waals surface area contributed by atoms with E-state index in [9.17, 15) is 13.2 Å². The van der Waals surface area contributed by atoms with Crippen molar-refractivity contribution in [2.75, 3.05) is 32.4 Å². The smallest absolute Gasteiger partial charge is 0.234 e. The zero-order valence-corrected chi connectivity index (χ0v) is 13.0. The Kier molecular flexibility index (Phi) is 6.34. The third-order valence-electron chi connectivity index (χ3n) is 2.85. The SMILES string of the molecule is CCNC(=O)CN(C)CCS(=O)(=O)c1cccc(C#N)c1. The van der Waals surface area contributed by atoms with Gasteiger partial charge in [0.1, 0.15) is 0 Å². The van der Waals surface area contributed by atoms with Crippen LogP contribution in [0.4, 0.5) is 0 Å². The molecule has 6 nitrogen and oxygen atoms in total. The fourth-order valence-electron chi connectivity index (χ4n) is 1.73. The molecule has 0 unspecified atom stereocenters. The lowest BCUT2D eigenvalue weighted by molar-refractivity contribution is -0.121. The number of rotatable bonds is 7. The highest BCUT2D eigenvalue weighted by atomic mass is 32.2. The van der Waals surface area contributed by atoms with Gasteiger partial charge in [0.2, 0.25) is 5.91 Å². The van der Waals surface area contributed by atoms with Crippen LogP contribution in [0.3, 0.4) is 0 Å². The highest BCUT2D eigenvalue weighted by molar-refractivity contribution is 7.91. The lowest BCUT2D eigenvalue weighted by Gasteiger charge is -2.16. The number of nitriles is 1. The van der Waals surface area contributed by atoms with Crippen LogP contribution in [0.15, 0.2) is 29.2 Å². The number of likely N-dealkylation sites (N-methyl/N-ethyl adjacent to an activating group) is 2. The van der Waals surface area contributed by atoms with Crippen molar-refractivity contribution in [3.8, 4) is 6.07 Å². The fraction of sp³-hybridized carbons (Fsp3) is 0.429. The Labute approximate surface area is 125 Å². The lowest BCUT2D eigenvalue weighted by atomic mass is 10.2. The quantitative estimate of drug-likeness (QED) is 0.787. The summed E-state index contributed by atoms with van der Waals surface area (Å²) in [4.78, 5) is 13.2. The lowest BCUT2D eigenvalue weighted by Crippen LogP contribution is -2.37. The third-order valence-corrected chi connectivity index (χ3v) is 4.54. The summed E-state index contributed by atoms with van der Waals surface area (Å²) in [5.74, 6) is -0.235. The van der Waals surface area contributed by atoms with Crippen LogP contribution < -0.4 is 5.32 Å². The van der Waals surface area contributed by atoms with E-state index in [-0.39, 0.29) is 29.6 Å². The summed E-state index contributed by atoms with van der Waals surface area (Å²) in [5.41, 5.74) is 0.312. The predicted molar refractivity (Wildman–Crippen MR) is 79.4 cm³/mol. The van der Waals surface area contributed by atoms with E-state index in [0.717, 1.165) is 0 Å². The monoisotopic (exact) mass is 309 g/mol. The Morgan fingerprint density at radius 2 is 2.14 bits per heavy atom. The zero-order chi connectivity index (χ0) is 15.9. The van der Waals surface area contributed by atoms with Crippen molar-refractivity contribution in [3.05, 3.63) is 29.8 Å². The summed E-state index contributed by atoms with van der Waals surface area (Å²) in [6.45, 7) is 2.77. The van der Waals surface area contributed by atoms with Gasteiger partial charge < -0.3 is 5.32 Å². The maximum atomic E-state index is 12.2. The minimum absolute atomic E-state index is 0.0994. The van der Waals surface area contributed by atoms with E-state index in [2.05, 4.69) is 5.32 Å². The molecule has 0 fully saturated rings. The maximum Gasteiger partial charge on any atom is 0.234 e. The summed E-state index contributed by atoms with van der Waals surface area (Å²) >= 11 is 0. The van der Waals surface area contributed by atoms with Gasteiger partial charge in [-0.3, -0.25) is 9.69 Å². The topological polar surface area (TPSA) is 90.3 Å². The molecule has 1 N–H and O–H groups in total. The normalized spacial score (nSPS) is 11.1. The van der Waals surface area contributed by atoms with E-state index in [4.69, 9.17) is 5.26 Å². The van der Waals surface area contributed by atoms with Crippen molar-refractivity contribution >= 4 is 15.7 Å². The molecule has 0 aliphatic heterocycles. The van der Waals surface area contributed by atoms with Crippen molar-refractivity contribution in [1.29, 1.82) is 5.26 Å². The van der Waals surface area contributed by atoms with Gasteiger partial charge in [-0.1, -0.05) is 6.07 Å². The van der Waals surface area contributed by atoms with Crippen LogP contribution in [-0.4, -0.2) is 51.7 Å². The summed E-state index contributed by atoms with van der Waals surface area (Å²) < 4.78 is 24.4. The van der Waals surface area contributed by atoms with Crippen molar-refractivity contribution in [1.82, 2.24) is 10.2 Å². The van der Waals surface area contributed by atoms with Crippen molar-refractivity contribution in [3.63, 3.8) is 0 Å². The van der Waals surface area contributed by atoms with E-state index in [1.807, 2.05) is 13.0 Å². The summed E-state index contributed by atoms with van der Waals surface area (Å²) in [7, 11) is -1.77. The minimum Gasteiger partial charge on any atom is -0.355 e. The van der Waals surface area contributed by atoms with Gasteiger partial charge in [0.15, 0.2) is 9.84 Å². The number of hydrogen-bond donors (Lipinski definition) is 1. The Morgan fingerprint density at radius 1 is 1.43 bits per heavy atom. The molecule has 0 aliphatic carbocycles. The highest BCUT2D eigenvalue weighted by Gasteiger charge is 2.16. The molecule has 0 radical (unpaired) electrons. The maximum absolute atomic E-state index is 12.2. The zero-order valence-electron chi connectivity index (χ0n) is 12.2. The van der Waals surface area contributed by atoms with Crippen LogP contribution in [0.2, 0.25) is 0 Å². The number of nitrogens with one attached hydrogen (secondary N) is 1. The largest absolute Gasteiger partial charge is 0.355 e. The van der Waals surface area contributed by atoms with Crippen molar-refractivity contribution in [2.24, 2.45) is 0 Å². The third kappa shape index (κ3) is 5.53. The van der Waals surface area contributed by atoms with Crippen LogP contribution in [0, 0.1) is 11.3 Å². The first-order valence-corrected chi connectivity index (χ1v) is 8.22. The molecule has 1 aromatic carbocycles. The van der Waals surface area contributed by atoms with Gasteiger partial charge in [0.25, 0.3) is 0 Å². The molecule has 1 rings (SSSR count). The molecule has 0 spiro atoms. The van der Waals surface area contributed by atoms with E-state index in [0.29, 0.717) is 12.1 Å². The molecule has 0 atom stereocenters. The molecule has 7 heteroatoms.